The molecule has 23 heavy (non-hydrogen) atoms. The van der Waals surface area contributed by atoms with Crippen molar-refractivity contribution in [3.8, 4) is 0 Å². The fourth-order valence-corrected chi connectivity index (χ4v) is 3.42. The van der Waals surface area contributed by atoms with Gasteiger partial charge in [-0.3, -0.25) is 0 Å². The van der Waals surface area contributed by atoms with E-state index in [2.05, 4.69) is 47.3 Å². The van der Waals surface area contributed by atoms with Crippen LogP contribution in [-0.2, 0) is 0 Å². The zero-order valence-corrected chi connectivity index (χ0v) is 13.8. The molecule has 4 rings (SSSR count). The Morgan fingerprint density at radius 2 is 1.83 bits per heavy atom. The van der Waals surface area contributed by atoms with Gasteiger partial charge in [-0.15, -0.1) is 0 Å². The molecule has 5 heteroatoms. The zero-order chi connectivity index (χ0) is 15.8. The molecule has 4 nitrogen and oxygen atoms in total. The van der Waals surface area contributed by atoms with Gasteiger partial charge in [-0.2, -0.15) is 5.10 Å². The van der Waals surface area contributed by atoms with Gasteiger partial charge in [-0.05, 0) is 38.1 Å². The number of hydrogen-bond acceptors (Lipinski definition) is 4. The molecule has 114 valence electrons. The Morgan fingerprint density at radius 3 is 2.61 bits per heavy atom. The van der Waals surface area contributed by atoms with Crippen LogP contribution in [-0.4, -0.2) is 16.5 Å². The maximum atomic E-state index is 4.76. The molecule has 0 saturated carbocycles. The minimum Gasteiger partial charge on any atom is -0.219 e. The Hall–Kier alpha value is -2.53. The highest BCUT2D eigenvalue weighted by molar-refractivity contribution is 7.22. The molecule has 0 aliphatic carbocycles. The highest BCUT2D eigenvalue weighted by Gasteiger charge is 2.21. The average Bonchev–Trinajstić information content (AvgIpc) is 3.11. The number of anilines is 1. The van der Waals surface area contributed by atoms with Crippen LogP contribution in [0.25, 0.3) is 10.2 Å². The molecular formula is C18H16N4S. The highest BCUT2D eigenvalue weighted by Crippen LogP contribution is 2.30. The molecule has 1 aliphatic rings. The van der Waals surface area contributed by atoms with Gasteiger partial charge in [0.1, 0.15) is 5.84 Å². The molecule has 0 saturated heterocycles. The van der Waals surface area contributed by atoms with E-state index in [1.54, 1.807) is 11.3 Å². The summed E-state index contributed by atoms with van der Waals surface area (Å²) in [5, 5.41) is 7.31. The molecule has 3 aromatic rings. The van der Waals surface area contributed by atoms with Gasteiger partial charge >= 0.3 is 0 Å². The fourth-order valence-electron chi connectivity index (χ4n) is 2.57. The first kappa shape index (κ1) is 14.1. The van der Waals surface area contributed by atoms with Gasteiger partial charge in [0.25, 0.3) is 0 Å². The number of aliphatic imine (C=N–C) groups is 1. The lowest BCUT2D eigenvalue weighted by Gasteiger charge is -2.15. The van der Waals surface area contributed by atoms with Crippen molar-refractivity contribution in [1.29, 1.82) is 0 Å². The van der Waals surface area contributed by atoms with Crippen LogP contribution in [0.2, 0.25) is 0 Å². The summed E-state index contributed by atoms with van der Waals surface area (Å²) in [7, 11) is 0. The van der Waals surface area contributed by atoms with Crippen molar-refractivity contribution < 1.29 is 0 Å². The molecule has 2 aromatic carbocycles. The van der Waals surface area contributed by atoms with E-state index in [0.29, 0.717) is 0 Å². The minimum absolute atomic E-state index is 0.754. The van der Waals surface area contributed by atoms with E-state index in [4.69, 9.17) is 4.99 Å². The lowest BCUT2D eigenvalue weighted by atomic mass is 10.2. The predicted octanol–water partition coefficient (Wildman–Crippen LogP) is 4.92. The second kappa shape index (κ2) is 5.59. The largest absolute Gasteiger partial charge is 0.219 e. The van der Waals surface area contributed by atoms with Crippen molar-refractivity contribution in [3.63, 3.8) is 0 Å². The first-order valence-electron chi connectivity index (χ1n) is 7.53. The Bertz CT molecular complexity index is 889. The molecule has 0 unspecified atom stereocenters. The summed E-state index contributed by atoms with van der Waals surface area (Å²) in [5.41, 5.74) is 4.32. The van der Waals surface area contributed by atoms with Crippen LogP contribution in [0.3, 0.4) is 0 Å². The normalized spacial score (nSPS) is 16.3. The predicted molar refractivity (Wildman–Crippen MR) is 98.1 cm³/mol. The molecule has 0 N–H and O–H groups in total. The first-order valence-corrected chi connectivity index (χ1v) is 8.35. The summed E-state index contributed by atoms with van der Waals surface area (Å²) in [4.78, 5) is 9.36. The third-order valence-electron chi connectivity index (χ3n) is 3.71. The third-order valence-corrected chi connectivity index (χ3v) is 4.65. The number of thiazole rings is 1. The molecule has 0 radical (unpaired) electrons. The Labute approximate surface area is 138 Å². The van der Waals surface area contributed by atoms with E-state index in [-0.39, 0.29) is 0 Å². The van der Waals surface area contributed by atoms with Crippen molar-refractivity contribution in [2.75, 3.05) is 5.01 Å². The number of rotatable bonds is 2. The molecule has 1 aliphatic heterocycles. The van der Waals surface area contributed by atoms with Crippen molar-refractivity contribution in [2.45, 2.75) is 20.3 Å². The van der Waals surface area contributed by atoms with Crippen LogP contribution in [0, 0.1) is 6.92 Å². The van der Waals surface area contributed by atoms with E-state index in [0.717, 1.165) is 39.0 Å². The van der Waals surface area contributed by atoms with Gasteiger partial charge in [0.15, 0.2) is 0 Å². The van der Waals surface area contributed by atoms with Gasteiger partial charge in [0, 0.05) is 12.1 Å². The molecule has 0 spiro atoms. The van der Waals surface area contributed by atoms with E-state index in [9.17, 15) is 0 Å². The highest BCUT2D eigenvalue weighted by atomic mass is 32.1. The van der Waals surface area contributed by atoms with Gasteiger partial charge < -0.3 is 0 Å². The molecule has 0 bridgehead atoms. The van der Waals surface area contributed by atoms with Gasteiger partial charge in [0.05, 0.1) is 15.9 Å². The number of benzene rings is 2. The SMILES string of the molecule is CC1=NN(c2ccc(C)cc2)/C(=N\c2nc3ccccc3s2)C1. The van der Waals surface area contributed by atoms with E-state index >= 15 is 0 Å². The van der Waals surface area contributed by atoms with E-state index in [1.165, 1.54) is 5.56 Å². The Morgan fingerprint density at radius 1 is 1.04 bits per heavy atom. The van der Waals surface area contributed by atoms with Crippen LogP contribution in [0.15, 0.2) is 58.6 Å². The number of hydrogen-bond donors (Lipinski definition) is 0. The maximum Gasteiger partial charge on any atom is 0.212 e. The lowest BCUT2D eigenvalue weighted by Crippen LogP contribution is -2.19. The monoisotopic (exact) mass is 320 g/mol. The number of nitrogens with zero attached hydrogens (tertiary/aromatic N) is 4. The van der Waals surface area contributed by atoms with Crippen molar-refractivity contribution in [1.82, 2.24) is 4.98 Å². The number of aryl methyl sites for hydroxylation is 1. The lowest BCUT2D eigenvalue weighted by molar-refractivity contribution is 1.14. The van der Waals surface area contributed by atoms with Crippen molar-refractivity contribution >= 4 is 43.9 Å². The summed E-state index contributed by atoms with van der Waals surface area (Å²) in [6.07, 6.45) is 0.754. The number of amidine groups is 1. The maximum absolute atomic E-state index is 4.76. The minimum atomic E-state index is 0.754. The van der Waals surface area contributed by atoms with Gasteiger partial charge in [0.2, 0.25) is 5.13 Å². The molecular weight excluding hydrogens is 304 g/mol. The summed E-state index contributed by atoms with van der Waals surface area (Å²) < 4.78 is 1.16. The molecule has 0 fully saturated rings. The summed E-state index contributed by atoms with van der Waals surface area (Å²) in [6, 6.07) is 16.5. The number of hydrazone groups is 1. The van der Waals surface area contributed by atoms with E-state index < -0.39 is 0 Å². The molecule has 0 atom stereocenters. The van der Waals surface area contributed by atoms with E-state index in [1.807, 2.05) is 30.1 Å². The summed E-state index contributed by atoms with van der Waals surface area (Å²) >= 11 is 1.61. The van der Waals surface area contributed by atoms with Crippen molar-refractivity contribution in [3.05, 3.63) is 54.1 Å². The Balaban J connectivity index is 1.72. The first-order chi connectivity index (χ1) is 11.2. The van der Waals surface area contributed by atoms with Crippen LogP contribution in [0.1, 0.15) is 18.9 Å². The topological polar surface area (TPSA) is 40.9 Å². The fraction of sp³-hybridized carbons (Fsp3) is 0.167. The van der Waals surface area contributed by atoms with Gasteiger partial charge in [-0.1, -0.05) is 41.2 Å². The molecule has 2 heterocycles. The second-order valence-corrected chi connectivity index (χ2v) is 6.66. The second-order valence-electron chi connectivity index (χ2n) is 5.65. The average molecular weight is 320 g/mol. The van der Waals surface area contributed by atoms with Crippen LogP contribution >= 0.6 is 11.3 Å². The van der Waals surface area contributed by atoms with Crippen LogP contribution in [0.5, 0.6) is 0 Å². The molecule has 0 amide bonds. The van der Waals surface area contributed by atoms with Crippen molar-refractivity contribution in [2.24, 2.45) is 10.1 Å². The van der Waals surface area contributed by atoms with Crippen LogP contribution in [0.4, 0.5) is 10.8 Å². The zero-order valence-electron chi connectivity index (χ0n) is 13.0. The quantitative estimate of drug-likeness (QED) is 0.672. The summed E-state index contributed by atoms with van der Waals surface area (Å²) in [6.45, 7) is 4.11. The standard InChI is InChI=1S/C18H16N4S/c1-12-7-9-14(10-8-12)22-17(11-13(2)21-22)20-18-19-15-5-3-4-6-16(15)23-18/h3-10H,11H2,1-2H3/b20-17-. The smallest absolute Gasteiger partial charge is 0.212 e. The third kappa shape index (κ3) is 2.75. The summed E-state index contributed by atoms with van der Waals surface area (Å²) in [5.74, 6) is 0.922. The van der Waals surface area contributed by atoms with Gasteiger partial charge in [-0.25, -0.2) is 15.0 Å². The molecule has 1 aromatic heterocycles. The number of fused-ring (bicyclic) bond motifs is 1. The number of aromatic nitrogens is 1. The Kier molecular flexibility index (Phi) is 3.42. The number of para-hydroxylation sites is 1. The van der Waals surface area contributed by atoms with Crippen LogP contribution < -0.4 is 5.01 Å².